The van der Waals surface area contributed by atoms with E-state index in [0.29, 0.717) is 81.4 Å². The molecule has 0 spiro atoms. The summed E-state index contributed by atoms with van der Waals surface area (Å²) in [6.45, 7) is 3.85. The molecule has 0 bridgehead atoms. The molecule has 3 saturated heterocycles. The molecular formula is C32H36ClF6N9O2. The van der Waals surface area contributed by atoms with Crippen molar-refractivity contribution in [2.75, 3.05) is 59.4 Å². The third-order valence-corrected chi connectivity index (χ3v) is 9.71. The molecule has 2 aromatic heterocycles. The Morgan fingerprint density at radius 2 is 1.58 bits per heavy atom. The number of rotatable bonds is 8. The van der Waals surface area contributed by atoms with Gasteiger partial charge in [-0.3, -0.25) is 4.90 Å². The lowest BCUT2D eigenvalue weighted by atomic mass is 10.0. The fraction of sp³-hybridized carbons (Fsp3) is 0.531. The summed E-state index contributed by atoms with van der Waals surface area (Å²) in [6.07, 6.45) is -3.89. The highest BCUT2D eigenvalue weighted by Crippen LogP contribution is 2.39. The Bertz CT molecular complexity index is 1660. The van der Waals surface area contributed by atoms with Crippen LogP contribution in [0, 0.1) is 0 Å². The van der Waals surface area contributed by atoms with E-state index in [9.17, 15) is 36.2 Å². The standard InChI is InChI=1S/C32H36ClF6N9O2/c1-3-22-13-23(18-47(22)27-26(33)16-42-29(43-27)45-6-4-25(49)5-7-45)48(28-40-14-24(15-41-28)46-9-8-44(2)30(46)50)17-19-10-20(31(34,35)36)12-21(11-19)32(37,38)39/h10-12,14-16,22-23,25,49H,3-9,13,17-18H2,1-2H3. The second-order valence-electron chi connectivity index (χ2n) is 12.8. The zero-order chi connectivity index (χ0) is 36.0. The number of benzene rings is 1. The zero-order valence-electron chi connectivity index (χ0n) is 27.3. The number of halogens is 7. The van der Waals surface area contributed by atoms with Crippen molar-refractivity contribution in [1.82, 2.24) is 24.8 Å². The number of alkyl halides is 6. The SMILES string of the molecule is CCC1CC(N(Cc2cc(C(F)(F)F)cc(C(F)(F)F)c2)c2ncc(N3CCN(C)C3=O)cn2)CN1c1nc(N2CCC(O)CC2)ncc1Cl. The summed E-state index contributed by atoms with van der Waals surface area (Å²) in [5.41, 5.74) is -2.65. The third kappa shape index (κ3) is 7.48. The van der Waals surface area contributed by atoms with Gasteiger partial charge in [0.1, 0.15) is 5.02 Å². The van der Waals surface area contributed by atoms with Crippen LogP contribution in [0.2, 0.25) is 5.02 Å². The second kappa shape index (κ2) is 13.9. The van der Waals surface area contributed by atoms with Gasteiger partial charge in [0.05, 0.1) is 47.6 Å². The first kappa shape index (κ1) is 35.7. The highest BCUT2D eigenvalue weighted by Gasteiger charge is 2.40. The smallest absolute Gasteiger partial charge is 0.393 e. The Balaban J connectivity index is 1.36. The summed E-state index contributed by atoms with van der Waals surface area (Å²) in [5.74, 6) is 0.961. The maximum Gasteiger partial charge on any atom is 0.416 e. The number of urea groups is 1. The van der Waals surface area contributed by atoms with E-state index in [0.717, 1.165) is 0 Å². The van der Waals surface area contributed by atoms with Crippen LogP contribution in [0.15, 0.2) is 36.8 Å². The molecule has 6 rings (SSSR count). The van der Waals surface area contributed by atoms with Crippen molar-refractivity contribution in [2.24, 2.45) is 0 Å². The first-order valence-corrected chi connectivity index (χ1v) is 16.6. The number of likely N-dealkylation sites (N-methyl/N-ethyl adjacent to an activating group) is 1. The molecule has 2 amide bonds. The van der Waals surface area contributed by atoms with Gasteiger partial charge in [0.2, 0.25) is 11.9 Å². The summed E-state index contributed by atoms with van der Waals surface area (Å²) < 4.78 is 82.9. The van der Waals surface area contributed by atoms with E-state index in [1.54, 1.807) is 11.9 Å². The maximum atomic E-state index is 13.8. The Kier molecular flexibility index (Phi) is 9.92. The maximum absolute atomic E-state index is 13.8. The topological polar surface area (TPSA) is 105 Å². The average Bonchev–Trinajstić information content (AvgIpc) is 3.66. The molecule has 3 aliphatic heterocycles. The van der Waals surface area contributed by atoms with Gasteiger partial charge in [-0.05, 0) is 49.4 Å². The van der Waals surface area contributed by atoms with Gasteiger partial charge in [-0.25, -0.2) is 19.7 Å². The van der Waals surface area contributed by atoms with Gasteiger partial charge in [0.15, 0.2) is 5.82 Å². The number of carbonyl (C=O) groups is 1. The molecule has 1 aromatic carbocycles. The minimum atomic E-state index is -5.01. The average molecular weight is 728 g/mol. The molecular weight excluding hydrogens is 692 g/mol. The summed E-state index contributed by atoms with van der Waals surface area (Å²) >= 11 is 6.64. The molecule has 3 aromatic rings. The molecule has 18 heteroatoms. The molecule has 5 heterocycles. The number of aliphatic hydroxyl groups is 1. The number of piperidine rings is 1. The molecule has 3 aliphatic rings. The van der Waals surface area contributed by atoms with Gasteiger partial charge in [-0.1, -0.05) is 18.5 Å². The van der Waals surface area contributed by atoms with E-state index in [-0.39, 0.29) is 47.8 Å². The lowest BCUT2D eigenvalue weighted by Crippen LogP contribution is -2.39. The van der Waals surface area contributed by atoms with Crippen LogP contribution in [-0.2, 0) is 18.9 Å². The Hall–Kier alpha value is -4.12. The fourth-order valence-corrected chi connectivity index (χ4v) is 6.89. The summed E-state index contributed by atoms with van der Waals surface area (Å²) in [4.78, 5) is 39.3. The number of hydrogen-bond donors (Lipinski definition) is 1. The zero-order valence-corrected chi connectivity index (χ0v) is 28.0. The lowest BCUT2D eigenvalue weighted by Gasteiger charge is -2.32. The Morgan fingerprint density at radius 3 is 2.14 bits per heavy atom. The lowest BCUT2D eigenvalue weighted by molar-refractivity contribution is -0.143. The molecule has 0 saturated carbocycles. The highest BCUT2D eigenvalue weighted by molar-refractivity contribution is 6.32. The van der Waals surface area contributed by atoms with E-state index in [4.69, 9.17) is 16.6 Å². The van der Waals surface area contributed by atoms with E-state index in [1.807, 2.05) is 16.7 Å². The Labute approximate surface area is 289 Å². The number of nitrogens with zero attached hydrogens (tertiary/aromatic N) is 9. The minimum absolute atomic E-state index is 0.0720. The predicted octanol–water partition coefficient (Wildman–Crippen LogP) is 5.85. The molecule has 50 heavy (non-hydrogen) atoms. The highest BCUT2D eigenvalue weighted by atomic mass is 35.5. The second-order valence-corrected chi connectivity index (χ2v) is 13.2. The molecule has 0 aliphatic carbocycles. The van der Waals surface area contributed by atoms with Crippen LogP contribution in [0.4, 0.5) is 54.5 Å². The molecule has 1 N–H and O–H groups in total. The summed E-state index contributed by atoms with van der Waals surface area (Å²) in [7, 11) is 1.66. The van der Waals surface area contributed by atoms with Crippen molar-refractivity contribution in [3.63, 3.8) is 0 Å². The molecule has 2 unspecified atom stereocenters. The number of anilines is 4. The fourth-order valence-electron chi connectivity index (χ4n) is 6.69. The number of aliphatic hydroxyl groups excluding tert-OH is 1. The van der Waals surface area contributed by atoms with Gasteiger partial charge in [0.25, 0.3) is 0 Å². The van der Waals surface area contributed by atoms with E-state index >= 15 is 0 Å². The first-order valence-electron chi connectivity index (χ1n) is 16.2. The normalized spacial score (nSPS) is 20.7. The van der Waals surface area contributed by atoms with Crippen LogP contribution >= 0.6 is 11.6 Å². The molecule has 2 atom stereocenters. The summed E-state index contributed by atoms with van der Waals surface area (Å²) in [5, 5.41) is 10.2. The van der Waals surface area contributed by atoms with Crippen LogP contribution < -0.4 is 19.6 Å². The van der Waals surface area contributed by atoms with Gasteiger partial charge in [0, 0.05) is 52.4 Å². The molecule has 3 fully saturated rings. The third-order valence-electron chi connectivity index (χ3n) is 9.45. The number of carbonyl (C=O) groups excluding carboxylic acids is 1. The first-order chi connectivity index (χ1) is 23.6. The predicted molar refractivity (Wildman–Crippen MR) is 174 cm³/mol. The van der Waals surface area contributed by atoms with E-state index in [1.165, 1.54) is 28.4 Å². The van der Waals surface area contributed by atoms with Crippen molar-refractivity contribution >= 4 is 41.0 Å². The Morgan fingerprint density at radius 1 is 0.940 bits per heavy atom. The quantitative estimate of drug-likeness (QED) is 0.286. The van der Waals surface area contributed by atoms with Gasteiger partial charge in [-0.15, -0.1) is 0 Å². The number of hydrogen-bond acceptors (Lipinski definition) is 9. The monoisotopic (exact) mass is 727 g/mol. The van der Waals surface area contributed by atoms with Crippen molar-refractivity contribution in [3.05, 3.63) is 58.5 Å². The number of amides is 2. The molecule has 270 valence electrons. The van der Waals surface area contributed by atoms with Gasteiger partial charge in [-0.2, -0.15) is 31.3 Å². The van der Waals surface area contributed by atoms with Crippen LogP contribution in [0.3, 0.4) is 0 Å². The van der Waals surface area contributed by atoms with Crippen LogP contribution in [-0.4, -0.2) is 93.9 Å². The van der Waals surface area contributed by atoms with Crippen LogP contribution in [0.5, 0.6) is 0 Å². The van der Waals surface area contributed by atoms with Crippen LogP contribution in [0.25, 0.3) is 0 Å². The van der Waals surface area contributed by atoms with Crippen molar-refractivity contribution in [1.29, 1.82) is 0 Å². The van der Waals surface area contributed by atoms with Crippen molar-refractivity contribution < 1.29 is 36.2 Å². The van der Waals surface area contributed by atoms with Crippen molar-refractivity contribution in [3.8, 4) is 0 Å². The van der Waals surface area contributed by atoms with Crippen molar-refractivity contribution in [2.45, 2.75) is 69.7 Å². The molecule has 0 radical (unpaired) electrons. The van der Waals surface area contributed by atoms with Gasteiger partial charge >= 0.3 is 18.4 Å². The molecule has 11 nitrogen and oxygen atoms in total. The van der Waals surface area contributed by atoms with Crippen LogP contribution in [0.1, 0.15) is 49.3 Å². The number of aromatic nitrogens is 4. The largest absolute Gasteiger partial charge is 0.416 e. The van der Waals surface area contributed by atoms with Gasteiger partial charge < -0.3 is 24.7 Å². The summed E-state index contributed by atoms with van der Waals surface area (Å²) in [6, 6.07) is 0.626. The van der Waals surface area contributed by atoms with E-state index in [2.05, 4.69) is 15.0 Å². The minimum Gasteiger partial charge on any atom is -0.393 e. The van der Waals surface area contributed by atoms with E-state index < -0.39 is 35.6 Å².